The molecule has 0 atom stereocenters. The molecule has 27 heavy (non-hydrogen) atoms. The molecule has 0 saturated carbocycles. The fraction of sp³-hybridized carbons (Fsp3) is 0.500. The van der Waals surface area contributed by atoms with E-state index in [1.165, 1.54) is 0 Å². The second-order valence-corrected chi connectivity index (χ2v) is 4.78. The molecule has 0 bridgehead atoms. The van der Waals surface area contributed by atoms with Gasteiger partial charge in [0.1, 0.15) is 25.9 Å². The van der Waals surface area contributed by atoms with Crippen LogP contribution in [0.1, 0.15) is 12.8 Å². The highest BCUT2D eigenvalue weighted by Crippen LogP contribution is 1.95. The van der Waals surface area contributed by atoms with Crippen molar-refractivity contribution in [2.45, 2.75) is 18.9 Å². The molecule has 0 heterocycles. The minimum atomic E-state index is -0.623. The number of primary amides is 2. The van der Waals surface area contributed by atoms with Crippen molar-refractivity contribution >= 4 is 17.7 Å². The van der Waals surface area contributed by atoms with E-state index in [2.05, 4.69) is 23.1 Å². The molecule has 0 saturated heterocycles. The molecular weight excluding hydrogens is 354 g/mol. The lowest BCUT2D eigenvalue weighted by molar-refractivity contribution is -0.126. The SMILES string of the molecule is C#CCOCC(COCC#C)OCC#C.NC(=O)CCC(=O)NCC(N)=O. The first-order valence-electron chi connectivity index (χ1n) is 7.78. The van der Waals surface area contributed by atoms with Crippen LogP contribution in [0, 0.1) is 37.0 Å². The number of carbonyl (C=O) groups is 3. The third-order valence-corrected chi connectivity index (χ3v) is 2.44. The number of terminal acetylenes is 3. The van der Waals surface area contributed by atoms with Crippen molar-refractivity contribution in [3.8, 4) is 37.0 Å². The maximum atomic E-state index is 10.7. The van der Waals surface area contributed by atoms with Gasteiger partial charge in [0.15, 0.2) is 0 Å². The van der Waals surface area contributed by atoms with Gasteiger partial charge in [0.25, 0.3) is 0 Å². The smallest absolute Gasteiger partial charge is 0.236 e. The predicted molar refractivity (Wildman–Crippen MR) is 98.5 cm³/mol. The normalized spacial score (nSPS) is 9.11. The molecule has 9 nitrogen and oxygen atoms in total. The van der Waals surface area contributed by atoms with Crippen LogP contribution >= 0.6 is 0 Å². The van der Waals surface area contributed by atoms with Gasteiger partial charge < -0.3 is 31.0 Å². The van der Waals surface area contributed by atoms with E-state index in [0.717, 1.165) is 0 Å². The maximum Gasteiger partial charge on any atom is 0.236 e. The van der Waals surface area contributed by atoms with E-state index in [4.69, 9.17) is 44.9 Å². The summed E-state index contributed by atoms with van der Waals surface area (Å²) in [5, 5.41) is 2.22. The molecule has 0 aromatic rings. The van der Waals surface area contributed by atoms with Gasteiger partial charge in [-0.05, 0) is 0 Å². The first-order valence-corrected chi connectivity index (χ1v) is 7.78. The van der Waals surface area contributed by atoms with Crippen molar-refractivity contribution in [3.63, 3.8) is 0 Å². The third kappa shape index (κ3) is 23.0. The number of hydrogen-bond donors (Lipinski definition) is 3. The molecule has 0 aliphatic carbocycles. The van der Waals surface area contributed by atoms with E-state index < -0.39 is 17.7 Å². The van der Waals surface area contributed by atoms with Gasteiger partial charge in [0.2, 0.25) is 17.7 Å². The van der Waals surface area contributed by atoms with Gasteiger partial charge in [0.05, 0.1) is 19.8 Å². The Bertz CT molecular complexity index is 531. The maximum absolute atomic E-state index is 10.7. The standard InChI is InChI=1S/C12H14O3.C6H11N3O3/c1-4-7-13-10-12(15-9-6-3)11-14-8-5-2;7-4(10)1-2-6(12)9-3-5(8)11/h1-3,12H,7-11H2;1-3H2,(H2,7,10)(H2,8,11)(H,9,12). The highest BCUT2D eigenvalue weighted by atomic mass is 16.6. The first-order chi connectivity index (χ1) is 12.9. The number of amides is 3. The molecule has 3 amide bonds. The van der Waals surface area contributed by atoms with Crippen molar-refractivity contribution in [1.29, 1.82) is 0 Å². The van der Waals surface area contributed by atoms with Crippen LogP contribution in [0.4, 0.5) is 0 Å². The largest absolute Gasteiger partial charge is 0.370 e. The number of ether oxygens (including phenoxy) is 3. The van der Waals surface area contributed by atoms with E-state index in [1.807, 2.05) is 0 Å². The lowest BCUT2D eigenvalue weighted by atomic mass is 10.3. The van der Waals surface area contributed by atoms with E-state index in [1.54, 1.807) is 0 Å². The Hall–Kier alpha value is -3.03. The minimum absolute atomic E-state index is 0.0113. The van der Waals surface area contributed by atoms with Gasteiger partial charge in [-0.1, -0.05) is 17.8 Å². The van der Waals surface area contributed by atoms with Crippen LogP contribution in [0.5, 0.6) is 0 Å². The fourth-order valence-electron chi connectivity index (χ4n) is 1.32. The predicted octanol–water partition coefficient (Wildman–Crippen LogP) is -1.84. The third-order valence-electron chi connectivity index (χ3n) is 2.44. The second-order valence-electron chi connectivity index (χ2n) is 4.78. The van der Waals surface area contributed by atoms with Crippen LogP contribution in [0.25, 0.3) is 0 Å². The van der Waals surface area contributed by atoms with Gasteiger partial charge in [-0.15, -0.1) is 19.3 Å². The Morgan fingerprint density at radius 2 is 1.37 bits per heavy atom. The lowest BCUT2D eigenvalue weighted by Crippen LogP contribution is -2.33. The van der Waals surface area contributed by atoms with Gasteiger partial charge in [-0.25, -0.2) is 0 Å². The average Bonchev–Trinajstić information content (AvgIpc) is 2.63. The summed E-state index contributed by atoms with van der Waals surface area (Å²) in [6.07, 6.45) is 14.9. The summed E-state index contributed by atoms with van der Waals surface area (Å²) in [4.78, 5) is 31.1. The number of nitrogens with two attached hydrogens (primary N) is 2. The number of carbonyl (C=O) groups excluding carboxylic acids is 3. The van der Waals surface area contributed by atoms with E-state index >= 15 is 0 Å². The Morgan fingerprint density at radius 1 is 0.852 bits per heavy atom. The molecule has 0 aromatic heterocycles. The van der Waals surface area contributed by atoms with Crippen molar-refractivity contribution in [2.24, 2.45) is 11.5 Å². The van der Waals surface area contributed by atoms with Crippen molar-refractivity contribution in [2.75, 3.05) is 39.6 Å². The van der Waals surface area contributed by atoms with E-state index in [9.17, 15) is 14.4 Å². The Morgan fingerprint density at radius 3 is 1.78 bits per heavy atom. The molecule has 0 fully saturated rings. The van der Waals surface area contributed by atoms with E-state index in [-0.39, 0.29) is 45.3 Å². The topological polar surface area (TPSA) is 143 Å². The summed E-state index contributed by atoms with van der Waals surface area (Å²) in [7, 11) is 0. The van der Waals surface area contributed by atoms with Crippen molar-refractivity contribution < 1.29 is 28.6 Å². The fourth-order valence-corrected chi connectivity index (χ4v) is 1.32. The second kappa shape index (κ2) is 19.3. The number of nitrogens with one attached hydrogen (secondary N) is 1. The molecule has 0 aliphatic heterocycles. The van der Waals surface area contributed by atoms with Crippen LogP contribution in [0.15, 0.2) is 0 Å². The summed E-state index contributed by atoms with van der Waals surface area (Å²) in [5.41, 5.74) is 9.54. The zero-order valence-corrected chi connectivity index (χ0v) is 15.1. The number of rotatable bonds is 13. The van der Waals surface area contributed by atoms with Gasteiger partial charge in [-0.2, -0.15) is 0 Å². The summed E-state index contributed by atoms with van der Waals surface area (Å²) in [5.74, 6) is 5.49. The number of hydrogen-bond acceptors (Lipinski definition) is 6. The monoisotopic (exact) mass is 379 g/mol. The highest BCUT2D eigenvalue weighted by Gasteiger charge is 2.08. The molecule has 0 aliphatic rings. The first kappa shape index (κ1) is 26.2. The van der Waals surface area contributed by atoms with Crippen LogP contribution < -0.4 is 16.8 Å². The minimum Gasteiger partial charge on any atom is -0.370 e. The zero-order chi connectivity index (χ0) is 20.9. The Balaban J connectivity index is 0. The molecule has 9 heteroatoms. The zero-order valence-electron chi connectivity index (χ0n) is 15.1. The summed E-state index contributed by atoms with van der Waals surface area (Å²) >= 11 is 0. The molecule has 0 aromatic carbocycles. The van der Waals surface area contributed by atoms with Crippen LogP contribution in [-0.2, 0) is 28.6 Å². The van der Waals surface area contributed by atoms with E-state index in [0.29, 0.717) is 13.2 Å². The molecule has 0 rings (SSSR count). The quantitative estimate of drug-likeness (QED) is 0.253. The summed E-state index contributed by atoms with van der Waals surface area (Å²) in [6.45, 7) is 1.17. The van der Waals surface area contributed by atoms with Gasteiger partial charge in [0, 0.05) is 12.8 Å². The summed E-state index contributed by atoms with van der Waals surface area (Å²) in [6, 6.07) is 0. The average molecular weight is 379 g/mol. The molecule has 0 spiro atoms. The van der Waals surface area contributed by atoms with Crippen LogP contribution in [-0.4, -0.2) is 63.4 Å². The van der Waals surface area contributed by atoms with Crippen molar-refractivity contribution in [3.05, 3.63) is 0 Å². The Labute approximate surface area is 159 Å². The van der Waals surface area contributed by atoms with Crippen LogP contribution in [0.3, 0.4) is 0 Å². The van der Waals surface area contributed by atoms with Gasteiger partial charge >= 0.3 is 0 Å². The summed E-state index contributed by atoms with van der Waals surface area (Å²) < 4.78 is 15.5. The van der Waals surface area contributed by atoms with Crippen molar-refractivity contribution in [1.82, 2.24) is 5.32 Å². The molecule has 148 valence electrons. The van der Waals surface area contributed by atoms with Gasteiger partial charge in [-0.3, -0.25) is 14.4 Å². The van der Waals surface area contributed by atoms with Crippen LogP contribution in [0.2, 0.25) is 0 Å². The lowest BCUT2D eigenvalue weighted by Gasteiger charge is -2.15. The highest BCUT2D eigenvalue weighted by molar-refractivity contribution is 5.86. The molecular formula is C18H25N3O6. The molecule has 5 N–H and O–H groups in total. The Kier molecular flexibility index (Phi) is 18.7. The molecule has 0 unspecified atom stereocenters. The molecule has 0 radical (unpaired) electrons.